The van der Waals surface area contributed by atoms with Crippen molar-refractivity contribution in [2.45, 2.75) is 31.2 Å². The maximum absolute atomic E-state index is 6.04. The Morgan fingerprint density at radius 2 is 2.33 bits per heavy atom. The van der Waals surface area contributed by atoms with E-state index in [9.17, 15) is 0 Å². The monoisotopic (exact) mass is 201 g/mol. The first-order chi connectivity index (χ1) is 5.79. The quantitative estimate of drug-likeness (QED) is 0.743. The van der Waals surface area contributed by atoms with E-state index in [1.165, 1.54) is 17.7 Å². The predicted molar refractivity (Wildman–Crippen MR) is 53.9 cm³/mol. The van der Waals surface area contributed by atoms with Crippen molar-refractivity contribution >= 4 is 22.9 Å². The van der Waals surface area contributed by atoms with Crippen LogP contribution < -0.4 is 5.73 Å². The Bertz CT molecular complexity index is 271. The molecular weight excluding hydrogens is 190 g/mol. The third-order valence-corrected chi connectivity index (χ3v) is 4.04. The molecule has 0 aromatic carbocycles. The SMILES string of the molecule is NC1CCCC1c1sccc1Cl. The number of rotatable bonds is 1. The van der Waals surface area contributed by atoms with Crippen molar-refractivity contribution in [3.63, 3.8) is 0 Å². The molecule has 0 bridgehead atoms. The number of hydrogen-bond acceptors (Lipinski definition) is 2. The van der Waals surface area contributed by atoms with Crippen LogP contribution in [0.5, 0.6) is 0 Å². The molecule has 1 aromatic rings. The summed E-state index contributed by atoms with van der Waals surface area (Å²) in [5, 5.41) is 2.95. The Kier molecular flexibility index (Phi) is 2.40. The van der Waals surface area contributed by atoms with Gasteiger partial charge < -0.3 is 5.73 Å². The molecule has 1 saturated carbocycles. The summed E-state index contributed by atoms with van der Waals surface area (Å²) in [7, 11) is 0. The minimum absolute atomic E-state index is 0.334. The van der Waals surface area contributed by atoms with Crippen LogP contribution in [0.1, 0.15) is 30.1 Å². The fourth-order valence-corrected chi connectivity index (χ4v) is 3.29. The van der Waals surface area contributed by atoms with E-state index in [1.54, 1.807) is 11.3 Å². The average molecular weight is 202 g/mol. The number of nitrogens with two attached hydrogens (primary N) is 1. The van der Waals surface area contributed by atoms with Crippen molar-refractivity contribution in [2.75, 3.05) is 0 Å². The number of thiophene rings is 1. The van der Waals surface area contributed by atoms with Gasteiger partial charge in [0.2, 0.25) is 0 Å². The van der Waals surface area contributed by atoms with Gasteiger partial charge in [-0.1, -0.05) is 18.0 Å². The zero-order chi connectivity index (χ0) is 8.55. The maximum atomic E-state index is 6.04. The smallest absolute Gasteiger partial charge is 0.0548 e. The second kappa shape index (κ2) is 3.36. The fraction of sp³-hybridized carbons (Fsp3) is 0.556. The van der Waals surface area contributed by atoms with Crippen molar-refractivity contribution in [2.24, 2.45) is 5.73 Å². The fourth-order valence-electron chi connectivity index (χ4n) is 1.88. The molecule has 66 valence electrons. The van der Waals surface area contributed by atoms with Gasteiger partial charge in [0.25, 0.3) is 0 Å². The molecule has 0 spiro atoms. The molecule has 2 unspecified atom stereocenters. The van der Waals surface area contributed by atoms with Gasteiger partial charge in [-0.3, -0.25) is 0 Å². The Morgan fingerprint density at radius 3 is 2.83 bits per heavy atom. The lowest BCUT2D eigenvalue weighted by molar-refractivity contribution is 0.622. The standard InChI is InChI=1S/C9H12ClNS/c10-7-4-5-12-9(7)6-2-1-3-8(6)11/h4-6,8H,1-3,11H2. The molecule has 1 aromatic heterocycles. The van der Waals surface area contributed by atoms with E-state index in [0.29, 0.717) is 12.0 Å². The van der Waals surface area contributed by atoms with E-state index in [-0.39, 0.29) is 0 Å². The molecule has 12 heavy (non-hydrogen) atoms. The van der Waals surface area contributed by atoms with Gasteiger partial charge in [0.05, 0.1) is 5.02 Å². The van der Waals surface area contributed by atoms with Crippen LogP contribution in [0.15, 0.2) is 11.4 Å². The summed E-state index contributed by atoms with van der Waals surface area (Å²) >= 11 is 7.78. The van der Waals surface area contributed by atoms with E-state index < -0.39 is 0 Å². The van der Waals surface area contributed by atoms with Crippen LogP contribution in [-0.4, -0.2) is 6.04 Å². The molecule has 1 heterocycles. The zero-order valence-electron chi connectivity index (χ0n) is 6.79. The molecule has 0 amide bonds. The summed E-state index contributed by atoms with van der Waals surface area (Å²) in [6, 6.07) is 2.30. The van der Waals surface area contributed by atoms with Crippen LogP contribution in [0.25, 0.3) is 0 Å². The number of halogens is 1. The van der Waals surface area contributed by atoms with Gasteiger partial charge in [-0.25, -0.2) is 0 Å². The lowest BCUT2D eigenvalue weighted by Gasteiger charge is -2.13. The molecule has 0 aliphatic heterocycles. The van der Waals surface area contributed by atoms with Crippen molar-refractivity contribution in [1.29, 1.82) is 0 Å². The molecule has 2 N–H and O–H groups in total. The van der Waals surface area contributed by atoms with Crippen LogP contribution in [0.2, 0.25) is 5.02 Å². The van der Waals surface area contributed by atoms with Crippen LogP contribution in [0.4, 0.5) is 0 Å². The van der Waals surface area contributed by atoms with Crippen LogP contribution >= 0.6 is 22.9 Å². The van der Waals surface area contributed by atoms with E-state index in [4.69, 9.17) is 17.3 Å². The topological polar surface area (TPSA) is 26.0 Å². The van der Waals surface area contributed by atoms with Crippen molar-refractivity contribution < 1.29 is 0 Å². The van der Waals surface area contributed by atoms with Gasteiger partial charge in [-0.15, -0.1) is 11.3 Å². The summed E-state index contributed by atoms with van der Waals surface area (Å²) in [6.07, 6.45) is 3.61. The van der Waals surface area contributed by atoms with E-state index in [1.807, 2.05) is 11.4 Å². The number of hydrogen-bond donors (Lipinski definition) is 1. The normalized spacial score (nSPS) is 29.5. The molecule has 1 nitrogen and oxygen atoms in total. The average Bonchev–Trinajstić information content (AvgIpc) is 2.59. The molecule has 3 heteroatoms. The lowest BCUT2D eigenvalue weighted by atomic mass is 10.0. The largest absolute Gasteiger partial charge is 0.327 e. The first kappa shape index (κ1) is 8.54. The Balaban J connectivity index is 2.24. The molecule has 2 rings (SSSR count). The molecular formula is C9H12ClNS. The van der Waals surface area contributed by atoms with Gasteiger partial charge in [0, 0.05) is 16.8 Å². The summed E-state index contributed by atoms with van der Waals surface area (Å²) in [6.45, 7) is 0. The van der Waals surface area contributed by atoms with Gasteiger partial charge in [-0.2, -0.15) is 0 Å². The first-order valence-electron chi connectivity index (χ1n) is 4.27. The molecule has 0 radical (unpaired) electrons. The highest BCUT2D eigenvalue weighted by molar-refractivity contribution is 7.10. The second-order valence-corrected chi connectivity index (χ2v) is 4.69. The highest BCUT2D eigenvalue weighted by Gasteiger charge is 2.27. The van der Waals surface area contributed by atoms with Crippen LogP contribution in [-0.2, 0) is 0 Å². The minimum atomic E-state index is 0.334. The predicted octanol–water partition coefficient (Wildman–Crippen LogP) is 3.00. The van der Waals surface area contributed by atoms with E-state index in [2.05, 4.69) is 0 Å². The highest BCUT2D eigenvalue weighted by atomic mass is 35.5. The Labute approximate surface area is 81.5 Å². The Hall–Kier alpha value is -0.0500. The van der Waals surface area contributed by atoms with Crippen molar-refractivity contribution in [3.8, 4) is 0 Å². The molecule has 2 atom stereocenters. The Morgan fingerprint density at radius 1 is 1.50 bits per heavy atom. The van der Waals surface area contributed by atoms with Crippen LogP contribution in [0, 0.1) is 0 Å². The summed E-state index contributed by atoms with van der Waals surface area (Å²) in [5.41, 5.74) is 5.99. The summed E-state index contributed by atoms with van der Waals surface area (Å²) in [5.74, 6) is 0.525. The lowest BCUT2D eigenvalue weighted by Crippen LogP contribution is -2.22. The summed E-state index contributed by atoms with van der Waals surface area (Å²) < 4.78 is 0. The molecule has 0 saturated heterocycles. The van der Waals surface area contributed by atoms with Gasteiger partial charge in [0.1, 0.15) is 0 Å². The van der Waals surface area contributed by atoms with Crippen molar-refractivity contribution in [3.05, 3.63) is 21.3 Å². The maximum Gasteiger partial charge on any atom is 0.0548 e. The molecule has 1 aliphatic rings. The van der Waals surface area contributed by atoms with Gasteiger partial charge in [-0.05, 0) is 24.3 Å². The van der Waals surface area contributed by atoms with Gasteiger partial charge >= 0.3 is 0 Å². The van der Waals surface area contributed by atoms with Gasteiger partial charge in [0.15, 0.2) is 0 Å². The minimum Gasteiger partial charge on any atom is -0.327 e. The summed E-state index contributed by atoms with van der Waals surface area (Å²) in [4.78, 5) is 1.29. The van der Waals surface area contributed by atoms with E-state index in [0.717, 1.165) is 11.4 Å². The molecule has 1 fully saturated rings. The third kappa shape index (κ3) is 1.39. The van der Waals surface area contributed by atoms with Crippen molar-refractivity contribution in [1.82, 2.24) is 0 Å². The van der Waals surface area contributed by atoms with Crippen LogP contribution in [0.3, 0.4) is 0 Å². The first-order valence-corrected chi connectivity index (χ1v) is 5.53. The molecule has 1 aliphatic carbocycles. The van der Waals surface area contributed by atoms with E-state index >= 15 is 0 Å². The second-order valence-electron chi connectivity index (χ2n) is 3.33. The third-order valence-electron chi connectivity index (χ3n) is 2.55. The highest BCUT2D eigenvalue weighted by Crippen LogP contribution is 2.39. The zero-order valence-corrected chi connectivity index (χ0v) is 8.37.